The van der Waals surface area contributed by atoms with Crippen LogP contribution in [0, 0.1) is 0 Å². The van der Waals surface area contributed by atoms with Gasteiger partial charge in [0.05, 0.1) is 17.3 Å². The highest BCUT2D eigenvalue weighted by atomic mass is 35.5. The fourth-order valence-corrected chi connectivity index (χ4v) is 3.95. The van der Waals surface area contributed by atoms with Crippen LogP contribution in [0.3, 0.4) is 0 Å². The number of piperazine rings is 1. The van der Waals surface area contributed by atoms with Gasteiger partial charge >= 0.3 is 0 Å². The second kappa shape index (κ2) is 9.49. The number of carbonyl (C=O) groups is 1. The van der Waals surface area contributed by atoms with Crippen LogP contribution in [0.5, 0.6) is 5.88 Å². The molecule has 0 bridgehead atoms. The summed E-state index contributed by atoms with van der Waals surface area (Å²) in [7, 11) is 0. The first kappa shape index (κ1) is 21.3. The van der Waals surface area contributed by atoms with Crippen LogP contribution >= 0.6 is 23.2 Å². The molecule has 0 radical (unpaired) electrons. The number of nitrogens with zero attached hydrogens (tertiary/aromatic N) is 5. The zero-order valence-electron chi connectivity index (χ0n) is 17.0. The molecule has 0 unspecified atom stereocenters. The molecule has 1 amide bonds. The molecule has 3 aromatic rings. The van der Waals surface area contributed by atoms with Gasteiger partial charge in [0, 0.05) is 43.0 Å². The lowest BCUT2D eigenvalue weighted by Gasteiger charge is -2.35. The number of halogens is 2. The Bertz CT molecular complexity index is 1070. The zero-order chi connectivity index (χ0) is 21.8. The highest BCUT2D eigenvalue weighted by Gasteiger charge is 2.25. The Kier molecular flexibility index (Phi) is 6.53. The molecule has 160 valence electrons. The van der Waals surface area contributed by atoms with Crippen LogP contribution < -0.4 is 9.64 Å². The molecule has 3 heterocycles. The minimum Gasteiger partial charge on any atom is -0.477 e. The van der Waals surface area contributed by atoms with Crippen molar-refractivity contribution in [1.29, 1.82) is 0 Å². The average molecular weight is 458 g/mol. The molecule has 0 atom stereocenters. The van der Waals surface area contributed by atoms with E-state index in [4.69, 9.17) is 27.9 Å². The largest absolute Gasteiger partial charge is 0.477 e. The molecule has 0 spiro atoms. The summed E-state index contributed by atoms with van der Waals surface area (Å²) < 4.78 is 5.50. The highest BCUT2D eigenvalue weighted by Crippen LogP contribution is 2.29. The van der Waals surface area contributed by atoms with Crippen molar-refractivity contribution in [1.82, 2.24) is 20.1 Å². The molecular formula is C22H21Cl2N5O2. The van der Waals surface area contributed by atoms with Crippen molar-refractivity contribution in [3.8, 4) is 17.1 Å². The van der Waals surface area contributed by atoms with E-state index in [2.05, 4.69) is 20.1 Å². The predicted molar refractivity (Wildman–Crippen MR) is 121 cm³/mol. The smallest absolute Gasteiger partial charge is 0.259 e. The molecule has 1 aliphatic rings. The molecule has 1 aliphatic heterocycles. The summed E-state index contributed by atoms with van der Waals surface area (Å²) in [4.78, 5) is 21.0. The maximum Gasteiger partial charge on any atom is 0.259 e. The third-order valence-corrected chi connectivity index (χ3v) is 5.58. The maximum atomic E-state index is 12.9. The number of ether oxygens (including phenoxy) is 1. The summed E-state index contributed by atoms with van der Waals surface area (Å²) in [5, 5.41) is 9.79. The van der Waals surface area contributed by atoms with Gasteiger partial charge in [0.1, 0.15) is 5.56 Å². The molecule has 1 fully saturated rings. The van der Waals surface area contributed by atoms with Gasteiger partial charge in [-0.15, -0.1) is 10.2 Å². The zero-order valence-corrected chi connectivity index (χ0v) is 18.5. The number of pyridine rings is 1. The van der Waals surface area contributed by atoms with Gasteiger partial charge in [-0.1, -0.05) is 23.2 Å². The highest BCUT2D eigenvalue weighted by molar-refractivity contribution is 6.36. The van der Waals surface area contributed by atoms with Crippen molar-refractivity contribution < 1.29 is 9.53 Å². The molecule has 9 heteroatoms. The maximum absolute atomic E-state index is 12.9. The molecule has 1 saturated heterocycles. The summed E-state index contributed by atoms with van der Waals surface area (Å²) >= 11 is 12.2. The fraction of sp³-hybridized carbons (Fsp3) is 0.273. The Labute approximate surface area is 190 Å². The van der Waals surface area contributed by atoms with Gasteiger partial charge in [-0.3, -0.25) is 4.79 Å². The van der Waals surface area contributed by atoms with Gasteiger partial charge in [0.25, 0.3) is 5.91 Å². The number of aromatic nitrogens is 3. The molecule has 4 rings (SSSR count). The van der Waals surface area contributed by atoms with Crippen molar-refractivity contribution >= 4 is 34.9 Å². The molecular weight excluding hydrogens is 437 g/mol. The van der Waals surface area contributed by atoms with E-state index in [-0.39, 0.29) is 5.91 Å². The number of benzene rings is 1. The van der Waals surface area contributed by atoms with E-state index in [1.807, 2.05) is 30.0 Å². The number of hydrogen-bond donors (Lipinski definition) is 0. The molecule has 7 nitrogen and oxygen atoms in total. The van der Waals surface area contributed by atoms with Crippen LogP contribution in [0.25, 0.3) is 11.3 Å². The lowest BCUT2D eigenvalue weighted by molar-refractivity contribution is 0.0741. The van der Waals surface area contributed by atoms with Crippen molar-refractivity contribution in [3.63, 3.8) is 0 Å². The van der Waals surface area contributed by atoms with Crippen LogP contribution in [-0.4, -0.2) is 58.8 Å². The third-order valence-electron chi connectivity index (χ3n) is 5.03. The van der Waals surface area contributed by atoms with E-state index in [1.165, 1.54) is 0 Å². The molecule has 0 aliphatic carbocycles. The number of hydrogen-bond acceptors (Lipinski definition) is 6. The lowest BCUT2D eigenvalue weighted by atomic mass is 10.1. The summed E-state index contributed by atoms with van der Waals surface area (Å²) in [6, 6.07) is 12.6. The van der Waals surface area contributed by atoms with Gasteiger partial charge in [0.2, 0.25) is 5.88 Å². The van der Waals surface area contributed by atoms with Crippen LogP contribution in [0.15, 0.2) is 48.7 Å². The number of rotatable bonds is 5. The van der Waals surface area contributed by atoms with E-state index in [0.717, 1.165) is 11.4 Å². The van der Waals surface area contributed by atoms with Crippen molar-refractivity contribution in [3.05, 3.63) is 64.3 Å². The molecule has 0 N–H and O–H groups in total. The van der Waals surface area contributed by atoms with Crippen molar-refractivity contribution in [2.75, 3.05) is 37.7 Å². The van der Waals surface area contributed by atoms with Crippen molar-refractivity contribution in [2.45, 2.75) is 6.92 Å². The van der Waals surface area contributed by atoms with Crippen LogP contribution in [-0.2, 0) is 0 Å². The quantitative estimate of drug-likeness (QED) is 0.571. The van der Waals surface area contributed by atoms with E-state index >= 15 is 0 Å². The first-order valence-corrected chi connectivity index (χ1v) is 10.7. The first-order valence-electron chi connectivity index (χ1n) is 9.98. The van der Waals surface area contributed by atoms with E-state index < -0.39 is 0 Å². The van der Waals surface area contributed by atoms with E-state index in [1.54, 1.807) is 30.5 Å². The summed E-state index contributed by atoms with van der Waals surface area (Å²) in [5.74, 6) is 1.06. The predicted octanol–water partition coefficient (Wildman–Crippen LogP) is 4.21. The van der Waals surface area contributed by atoms with E-state index in [0.29, 0.717) is 60.0 Å². The minimum atomic E-state index is -0.0741. The van der Waals surface area contributed by atoms with Gasteiger partial charge in [-0.2, -0.15) is 0 Å². The second-order valence-electron chi connectivity index (χ2n) is 6.97. The standard InChI is InChI=1S/C22H21Cl2N5O2/c1-2-31-21-17(4-3-9-25-21)22(30)29-12-10-28(11-13-29)20-8-7-19(26-27-20)16-6-5-15(23)14-18(16)24/h3-9,14H,2,10-13H2,1H3. The number of carbonyl (C=O) groups excluding carboxylic acids is 1. The third kappa shape index (κ3) is 4.73. The normalized spacial score (nSPS) is 13.9. The summed E-state index contributed by atoms with van der Waals surface area (Å²) in [5.41, 5.74) is 1.95. The molecule has 2 aromatic heterocycles. The fourth-order valence-electron chi connectivity index (χ4n) is 3.45. The Morgan fingerprint density at radius 1 is 1.06 bits per heavy atom. The van der Waals surface area contributed by atoms with Crippen LogP contribution in [0.4, 0.5) is 5.82 Å². The second-order valence-corrected chi connectivity index (χ2v) is 7.81. The van der Waals surface area contributed by atoms with Crippen molar-refractivity contribution in [2.24, 2.45) is 0 Å². The topological polar surface area (TPSA) is 71.5 Å². The monoisotopic (exact) mass is 457 g/mol. The molecule has 0 saturated carbocycles. The Morgan fingerprint density at radius 3 is 2.55 bits per heavy atom. The number of anilines is 1. The van der Waals surface area contributed by atoms with Crippen LogP contribution in [0.1, 0.15) is 17.3 Å². The molecule has 1 aromatic carbocycles. The summed E-state index contributed by atoms with van der Waals surface area (Å²) in [6.45, 7) is 4.80. The van der Waals surface area contributed by atoms with Gasteiger partial charge in [-0.05, 0) is 49.4 Å². The van der Waals surface area contributed by atoms with Gasteiger partial charge in [0.15, 0.2) is 5.82 Å². The SMILES string of the molecule is CCOc1ncccc1C(=O)N1CCN(c2ccc(-c3ccc(Cl)cc3Cl)nn2)CC1. The summed E-state index contributed by atoms with van der Waals surface area (Å²) in [6.07, 6.45) is 1.62. The van der Waals surface area contributed by atoms with Gasteiger partial charge < -0.3 is 14.5 Å². The Hall–Kier alpha value is -2.90. The lowest BCUT2D eigenvalue weighted by Crippen LogP contribution is -2.49. The van der Waals surface area contributed by atoms with Crippen LogP contribution in [0.2, 0.25) is 10.0 Å². The Morgan fingerprint density at radius 2 is 1.87 bits per heavy atom. The Balaban J connectivity index is 1.41. The van der Waals surface area contributed by atoms with E-state index in [9.17, 15) is 4.79 Å². The first-order chi connectivity index (χ1) is 15.1. The molecule has 31 heavy (non-hydrogen) atoms. The number of amides is 1. The minimum absolute atomic E-state index is 0.0741. The average Bonchev–Trinajstić information content (AvgIpc) is 2.80. The van der Waals surface area contributed by atoms with Gasteiger partial charge in [-0.25, -0.2) is 4.98 Å².